The van der Waals surface area contributed by atoms with Gasteiger partial charge in [0.15, 0.2) is 5.60 Å². The highest BCUT2D eigenvalue weighted by Crippen LogP contribution is 2.35. The van der Waals surface area contributed by atoms with Crippen LogP contribution in [-0.2, 0) is 15.1 Å². The van der Waals surface area contributed by atoms with Gasteiger partial charge in [-0.25, -0.2) is 9.18 Å². The third-order valence-electron chi connectivity index (χ3n) is 5.48. The summed E-state index contributed by atoms with van der Waals surface area (Å²) < 4.78 is 24.0. The molecule has 0 saturated carbocycles. The summed E-state index contributed by atoms with van der Waals surface area (Å²) in [6, 6.07) is 12.5. The number of rotatable bonds is 6. The van der Waals surface area contributed by atoms with Crippen molar-refractivity contribution in [3.05, 3.63) is 65.5 Å². The number of carbonyl (C=O) groups excluding carboxylic acids is 2. The summed E-state index contributed by atoms with van der Waals surface area (Å²) in [7, 11) is 0. The number of amides is 1. The van der Waals surface area contributed by atoms with Crippen LogP contribution in [0.25, 0.3) is 0 Å². The molecule has 6 nitrogen and oxygen atoms in total. The highest BCUT2D eigenvalue weighted by molar-refractivity contribution is 5.94. The standard InChI is InChI=1S/C24H28FNO5/c1-4-30-22(28)23(2,3)31-20-7-5-6-18(16-20)24(29)12-14-26(15-13-24)21(27)17-8-10-19(25)11-9-17/h5-11,16,29H,4,12-15H2,1-3H3. The van der Waals surface area contributed by atoms with Crippen molar-refractivity contribution >= 4 is 11.9 Å². The molecule has 166 valence electrons. The summed E-state index contributed by atoms with van der Waals surface area (Å²) in [5, 5.41) is 11.2. The molecule has 1 N–H and O–H groups in total. The van der Waals surface area contributed by atoms with E-state index in [-0.39, 0.29) is 12.5 Å². The number of likely N-dealkylation sites (tertiary alicyclic amines) is 1. The van der Waals surface area contributed by atoms with Crippen molar-refractivity contribution in [2.75, 3.05) is 19.7 Å². The Kier molecular flexibility index (Phi) is 6.65. The highest BCUT2D eigenvalue weighted by atomic mass is 19.1. The molecular weight excluding hydrogens is 401 g/mol. The minimum atomic E-state index is -1.16. The van der Waals surface area contributed by atoms with Gasteiger partial charge in [0, 0.05) is 18.7 Å². The Morgan fingerprint density at radius 2 is 1.77 bits per heavy atom. The fraction of sp³-hybridized carbons (Fsp3) is 0.417. The second-order valence-electron chi connectivity index (χ2n) is 8.19. The molecule has 1 fully saturated rings. The van der Waals surface area contributed by atoms with Crippen LogP contribution in [0, 0.1) is 5.82 Å². The van der Waals surface area contributed by atoms with Crippen LogP contribution in [0.3, 0.4) is 0 Å². The maximum atomic E-state index is 13.1. The second-order valence-corrected chi connectivity index (χ2v) is 8.19. The molecule has 1 aliphatic rings. The molecule has 0 spiro atoms. The van der Waals surface area contributed by atoms with Crippen molar-refractivity contribution in [2.24, 2.45) is 0 Å². The van der Waals surface area contributed by atoms with E-state index in [9.17, 15) is 19.1 Å². The zero-order chi connectivity index (χ0) is 22.6. The van der Waals surface area contributed by atoms with Crippen molar-refractivity contribution in [2.45, 2.75) is 44.8 Å². The Balaban J connectivity index is 1.68. The number of piperidine rings is 1. The summed E-state index contributed by atoms with van der Waals surface area (Å²) in [6.07, 6.45) is 0.704. The van der Waals surface area contributed by atoms with E-state index in [1.807, 2.05) is 6.07 Å². The van der Waals surface area contributed by atoms with Crippen molar-refractivity contribution in [1.29, 1.82) is 0 Å². The van der Waals surface area contributed by atoms with Crippen molar-refractivity contribution in [1.82, 2.24) is 4.90 Å². The lowest BCUT2D eigenvalue weighted by atomic mass is 9.84. The van der Waals surface area contributed by atoms with Crippen LogP contribution in [0.1, 0.15) is 49.5 Å². The van der Waals surface area contributed by atoms with Gasteiger partial charge in [0.1, 0.15) is 11.6 Å². The highest BCUT2D eigenvalue weighted by Gasteiger charge is 2.37. The smallest absolute Gasteiger partial charge is 0.349 e. The summed E-state index contributed by atoms with van der Waals surface area (Å²) in [4.78, 5) is 26.4. The average molecular weight is 429 g/mol. The lowest BCUT2D eigenvalue weighted by Gasteiger charge is -2.38. The molecule has 0 atom stereocenters. The van der Waals surface area contributed by atoms with Crippen LogP contribution < -0.4 is 4.74 Å². The maximum absolute atomic E-state index is 13.1. The summed E-state index contributed by atoms with van der Waals surface area (Å²) in [6.45, 7) is 5.99. The summed E-state index contributed by atoms with van der Waals surface area (Å²) >= 11 is 0. The molecule has 2 aromatic rings. The lowest BCUT2D eigenvalue weighted by Crippen LogP contribution is -2.45. The molecule has 1 saturated heterocycles. The average Bonchev–Trinajstić information content (AvgIpc) is 2.74. The fourth-order valence-corrected chi connectivity index (χ4v) is 3.63. The molecule has 2 aromatic carbocycles. The molecule has 0 radical (unpaired) electrons. The van der Waals surface area contributed by atoms with Gasteiger partial charge < -0.3 is 19.5 Å². The molecule has 3 rings (SSSR count). The Morgan fingerprint density at radius 1 is 1.13 bits per heavy atom. The molecule has 31 heavy (non-hydrogen) atoms. The van der Waals surface area contributed by atoms with Gasteiger partial charge in [-0.2, -0.15) is 0 Å². The van der Waals surface area contributed by atoms with Crippen molar-refractivity contribution in [3.63, 3.8) is 0 Å². The van der Waals surface area contributed by atoms with Crippen molar-refractivity contribution in [3.8, 4) is 5.75 Å². The summed E-state index contributed by atoms with van der Waals surface area (Å²) in [5.74, 6) is -0.589. The number of benzene rings is 2. The largest absolute Gasteiger partial charge is 0.476 e. The second kappa shape index (κ2) is 9.06. The van der Waals surface area contributed by atoms with Gasteiger partial charge >= 0.3 is 5.97 Å². The number of halogens is 1. The molecule has 1 amide bonds. The van der Waals surface area contributed by atoms with Crippen molar-refractivity contribution < 1.29 is 28.6 Å². The Morgan fingerprint density at radius 3 is 2.39 bits per heavy atom. The molecule has 1 heterocycles. The van der Waals surface area contributed by atoms with Gasteiger partial charge in [0.2, 0.25) is 0 Å². The SMILES string of the molecule is CCOC(=O)C(C)(C)Oc1cccc(C2(O)CCN(C(=O)c3ccc(F)cc3)CC2)c1. The van der Waals surface area contributed by atoms with E-state index in [1.54, 1.807) is 43.9 Å². The van der Waals surface area contributed by atoms with Gasteiger partial charge in [-0.15, -0.1) is 0 Å². The van der Waals surface area contributed by atoms with Gasteiger partial charge in [-0.3, -0.25) is 4.79 Å². The number of esters is 1. The summed E-state index contributed by atoms with van der Waals surface area (Å²) in [5.41, 5.74) is -1.20. The topological polar surface area (TPSA) is 76.1 Å². The van der Waals surface area contributed by atoms with Gasteiger partial charge in [-0.1, -0.05) is 12.1 Å². The molecule has 0 aliphatic carbocycles. The van der Waals surface area contributed by atoms with E-state index < -0.39 is 23.0 Å². The van der Waals surface area contributed by atoms with E-state index in [0.717, 1.165) is 0 Å². The molecule has 1 aliphatic heterocycles. The number of hydrogen-bond donors (Lipinski definition) is 1. The predicted octanol–water partition coefficient (Wildman–Crippen LogP) is 3.67. The van der Waals surface area contributed by atoms with E-state index in [1.165, 1.54) is 24.3 Å². The molecular formula is C24H28FNO5. The number of hydrogen-bond acceptors (Lipinski definition) is 5. The van der Waals surface area contributed by atoms with Crippen LogP contribution in [0.2, 0.25) is 0 Å². The van der Waals surface area contributed by atoms with Crippen LogP contribution >= 0.6 is 0 Å². The fourth-order valence-electron chi connectivity index (χ4n) is 3.63. The number of ether oxygens (including phenoxy) is 2. The Hall–Kier alpha value is -2.93. The zero-order valence-electron chi connectivity index (χ0n) is 18.1. The molecule has 7 heteroatoms. The Bertz CT molecular complexity index is 933. The maximum Gasteiger partial charge on any atom is 0.349 e. The van der Waals surface area contributed by atoms with E-state index in [2.05, 4.69) is 0 Å². The predicted molar refractivity (Wildman–Crippen MR) is 113 cm³/mol. The molecule has 0 bridgehead atoms. The van der Waals surface area contributed by atoms with E-state index >= 15 is 0 Å². The third-order valence-corrected chi connectivity index (χ3v) is 5.48. The first-order valence-electron chi connectivity index (χ1n) is 10.4. The van der Waals surface area contributed by atoms with Gasteiger partial charge in [-0.05, 0) is 75.6 Å². The van der Waals surface area contributed by atoms with E-state index in [4.69, 9.17) is 9.47 Å². The zero-order valence-corrected chi connectivity index (χ0v) is 18.1. The van der Waals surface area contributed by atoms with E-state index in [0.29, 0.717) is 42.8 Å². The van der Waals surface area contributed by atoms with Crippen LogP contribution in [0.15, 0.2) is 48.5 Å². The van der Waals surface area contributed by atoms with Crippen LogP contribution in [0.5, 0.6) is 5.75 Å². The normalized spacial score (nSPS) is 16.0. The third kappa shape index (κ3) is 5.22. The minimum Gasteiger partial charge on any atom is -0.476 e. The van der Waals surface area contributed by atoms with Gasteiger partial charge in [0.25, 0.3) is 5.91 Å². The minimum absolute atomic E-state index is 0.185. The number of carbonyl (C=O) groups is 2. The molecule has 0 unspecified atom stereocenters. The van der Waals surface area contributed by atoms with Gasteiger partial charge in [0.05, 0.1) is 12.2 Å². The van der Waals surface area contributed by atoms with Crippen LogP contribution in [0.4, 0.5) is 4.39 Å². The lowest BCUT2D eigenvalue weighted by molar-refractivity contribution is -0.158. The van der Waals surface area contributed by atoms with Crippen LogP contribution in [-0.4, -0.2) is 47.2 Å². The first-order valence-corrected chi connectivity index (χ1v) is 10.4. The quantitative estimate of drug-likeness (QED) is 0.709. The monoisotopic (exact) mass is 429 g/mol. The molecule has 0 aromatic heterocycles. The number of aliphatic hydroxyl groups is 1. The number of nitrogens with zero attached hydrogens (tertiary/aromatic N) is 1. The first kappa shape index (κ1) is 22.7. The Labute approximate surface area is 181 Å². The first-order chi connectivity index (χ1) is 14.6.